The minimum atomic E-state index is -1.25. The zero-order valence-electron chi connectivity index (χ0n) is 23.5. The number of ether oxygens (including phenoxy) is 2. The Kier molecular flexibility index (Phi) is 8.98. The molecule has 6 rings (SSSR count). The maximum Gasteiger partial charge on any atom is 0.252 e. The highest BCUT2D eigenvalue weighted by molar-refractivity contribution is 9.10. The maximum atomic E-state index is 14.6. The minimum absolute atomic E-state index is 0.0214. The number of benzene rings is 4. The highest BCUT2D eigenvalue weighted by Crippen LogP contribution is 2.43. The van der Waals surface area contributed by atoms with Crippen LogP contribution in [0, 0.1) is 0 Å². The van der Waals surface area contributed by atoms with Gasteiger partial charge in [0.1, 0.15) is 5.75 Å². The number of hydrogen-bond donors (Lipinski definition) is 2. The van der Waals surface area contributed by atoms with E-state index < -0.39 is 11.6 Å². The van der Waals surface area contributed by atoms with Crippen LogP contribution < -0.4 is 10.1 Å². The highest BCUT2D eigenvalue weighted by atomic mass is 79.9. The van der Waals surface area contributed by atoms with Crippen LogP contribution in [0.5, 0.6) is 5.75 Å². The SMILES string of the molecule is O=C(NC1Cc2ccccc2C1)[C@]1(Cc2ccc(Br)cc2)N=C(c2ccc(OCCCO)cc2)O[C@@H]1c1ccc(Br)cc1. The molecule has 4 aromatic carbocycles. The van der Waals surface area contributed by atoms with Crippen molar-refractivity contribution < 1.29 is 19.4 Å². The topological polar surface area (TPSA) is 80.2 Å². The van der Waals surface area contributed by atoms with Gasteiger partial charge in [-0.25, -0.2) is 4.99 Å². The quantitative estimate of drug-likeness (QED) is 0.179. The lowest BCUT2D eigenvalue weighted by Crippen LogP contribution is -2.53. The summed E-state index contributed by atoms with van der Waals surface area (Å²) in [6, 6.07) is 31.8. The lowest BCUT2D eigenvalue weighted by atomic mass is 9.81. The zero-order valence-corrected chi connectivity index (χ0v) is 26.7. The summed E-state index contributed by atoms with van der Waals surface area (Å²) in [7, 11) is 0. The van der Waals surface area contributed by atoms with Gasteiger partial charge < -0.3 is 19.9 Å². The monoisotopic (exact) mass is 702 g/mol. The molecule has 0 saturated carbocycles. The molecule has 8 heteroatoms. The Bertz CT molecular complexity index is 1580. The average molecular weight is 704 g/mol. The molecule has 43 heavy (non-hydrogen) atoms. The third-order valence-electron chi connectivity index (χ3n) is 7.98. The van der Waals surface area contributed by atoms with Gasteiger partial charge in [-0.2, -0.15) is 0 Å². The fourth-order valence-electron chi connectivity index (χ4n) is 5.80. The molecule has 2 N–H and O–H groups in total. The molecule has 0 unspecified atom stereocenters. The van der Waals surface area contributed by atoms with Gasteiger partial charge >= 0.3 is 0 Å². The molecule has 1 heterocycles. The highest BCUT2D eigenvalue weighted by Gasteiger charge is 2.53. The Balaban J connectivity index is 1.38. The van der Waals surface area contributed by atoms with E-state index in [1.54, 1.807) is 0 Å². The van der Waals surface area contributed by atoms with Crippen LogP contribution in [0.2, 0.25) is 0 Å². The summed E-state index contributed by atoms with van der Waals surface area (Å²) < 4.78 is 14.3. The molecule has 2 atom stereocenters. The predicted octanol–water partition coefficient (Wildman–Crippen LogP) is 6.76. The van der Waals surface area contributed by atoms with E-state index in [2.05, 4.69) is 49.3 Å². The number of nitrogens with zero attached hydrogens (tertiary/aromatic N) is 1. The Labute approximate surface area is 268 Å². The summed E-state index contributed by atoms with van der Waals surface area (Å²) >= 11 is 7.08. The lowest BCUT2D eigenvalue weighted by molar-refractivity contribution is -0.129. The van der Waals surface area contributed by atoms with Crippen LogP contribution in [0.4, 0.5) is 0 Å². The van der Waals surface area contributed by atoms with E-state index in [-0.39, 0.29) is 18.6 Å². The van der Waals surface area contributed by atoms with Crippen molar-refractivity contribution in [3.8, 4) is 5.75 Å². The number of carbonyl (C=O) groups is 1. The van der Waals surface area contributed by atoms with Gasteiger partial charge in [0.2, 0.25) is 5.90 Å². The van der Waals surface area contributed by atoms with E-state index in [9.17, 15) is 4.79 Å². The standard InChI is InChI=1S/C35H32Br2N2O4/c36-28-12-6-23(7-13-28)22-35(34(41)38-30-20-26-4-1-2-5-27(26)21-30)32(24-8-14-29(37)15-9-24)43-33(39-35)25-10-16-31(17-11-25)42-19-3-18-40/h1-2,4-17,30,32,40H,3,18-22H2,(H,38,41)/t32-,35-/m1/s1. The molecule has 1 aliphatic heterocycles. The molecule has 6 nitrogen and oxygen atoms in total. The van der Waals surface area contributed by atoms with Crippen LogP contribution in [0.1, 0.15) is 40.3 Å². The van der Waals surface area contributed by atoms with Crippen molar-refractivity contribution in [2.24, 2.45) is 4.99 Å². The van der Waals surface area contributed by atoms with Gasteiger partial charge in [-0.15, -0.1) is 0 Å². The summed E-state index contributed by atoms with van der Waals surface area (Å²) in [6.07, 6.45) is 1.84. The first-order valence-corrected chi connectivity index (χ1v) is 16.0. The number of rotatable bonds is 10. The van der Waals surface area contributed by atoms with Crippen LogP contribution in [0.15, 0.2) is 111 Å². The van der Waals surface area contributed by atoms with Crippen molar-refractivity contribution in [1.29, 1.82) is 0 Å². The molecule has 0 bridgehead atoms. The number of nitrogens with one attached hydrogen (secondary N) is 1. The van der Waals surface area contributed by atoms with Crippen molar-refractivity contribution in [3.05, 3.63) is 134 Å². The summed E-state index contributed by atoms with van der Waals surface area (Å²) in [4.78, 5) is 19.8. The number of amides is 1. The average Bonchev–Trinajstić information content (AvgIpc) is 3.61. The van der Waals surface area contributed by atoms with E-state index in [0.717, 1.165) is 38.5 Å². The summed E-state index contributed by atoms with van der Waals surface area (Å²) in [5, 5.41) is 12.4. The number of aliphatic hydroxyl groups excluding tert-OH is 1. The fourth-order valence-corrected chi connectivity index (χ4v) is 6.33. The molecule has 0 radical (unpaired) electrons. The van der Waals surface area contributed by atoms with Crippen LogP contribution in [-0.4, -0.2) is 41.7 Å². The second kappa shape index (κ2) is 13.0. The van der Waals surface area contributed by atoms with E-state index in [1.807, 2.05) is 84.9 Å². The smallest absolute Gasteiger partial charge is 0.252 e. The number of hydrogen-bond acceptors (Lipinski definition) is 5. The van der Waals surface area contributed by atoms with Crippen molar-refractivity contribution in [3.63, 3.8) is 0 Å². The molecule has 0 spiro atoms. The molecule has 4 aromatic rings. The van der Waals surface area contributed by atoms with Gasteiger partial charge in [0.05, 0.1) is 6.61 Å². The van der Waals surface area contributed by atoms with Crippen molar-refractivity contribution in [2.45, 2.75) is 43.4 Å². The summed E-state index contributed by atoms with van der Waals surface area (Å²) in [6.45, 7) is 0.510. The third kappa shape index (κ3) is 6.56. The first-order chi connectivity index (χ1) is 20.9. The molecule has 1 aliphatic carbocycles. The van der Waals surface area contributed by atoms with Gasteiger partial charge in [0.25, 0.3) is 5.91 Å². The van der Waals surface area contributed by atoms with Crippen molar-refractivity contribution in [2.75, 3.05) is 13.2 Å². The van der Waals surface area contributed by atoms with E-state index in [4.69, 9.17) is 19.6 Å². The largest absolute Gasteiger partial charge is 0.494 e. The van der Waals surface area contributed by atoms with Gasteiger partial charge in [-0.3, -0.25) is 4.79 Å². The first-order valence-electron chi connectivity index (χ1n) is 14.4. The van der Waals surface area contributed by atoms with E-state index in [0.29, 0.717) is 31.1 Å². The predicted molar refractivity (Wildman–Crippen MR) is 175 cm³/mol. The van der Waals surface area contributed by atoms with Crippen molar-refractivity contribution in [1.82, 2.24) is 5.32 Å². The third-order valence-corrected chi connectivity index (χ3v) is 9.03. The maximum absolute atomic E-state index is 14.6. The molecule has 2 aliphatic rings. The number of fused-ring (bicyclic) bond motifs is 1. The van der Waals surface area contributed by atoms with Crippen LogP contribution in [0.25, 0.3) is 0 Å². The number of aliphatic imine (C=N–C) groups is 1. The summed E-state index contributed by atoms with van der Waals surface area (Å²) in [5.41, 5.74) is 3.90. The van der Waals surface area contributed by atoms with Gasteiger partial charge in [0.15, 0.2) is 11.6 Å². The summed E-state index contributed by atoms with van der Waals surface area (Å²) in [5.74, 6) is 0.955. The van der Waals surface area contributed by atoms with Crippen LogP contribution in [-0.2, 0) is 28.8 Å². The Morgan fingerprint density at radius 3 is 2.16 bits per heavy atom. The normalized spacial score (nSPS) is 19.4. The Morgan fingerprint density at radius 2 is 1.53 bits per heavy atom. The number of aliphatic hydroxyl groups is 1. The molecular formula is C35H32Br2N2O4. The zero-order chi connectivity index (χ0) is 29.8. The number of halogens is 2. The molecule has 0 saturated heterocycles. The number of carbonyl (C=O) groups excluding carboxylic acids is 1. The Morgan fingerprint density at radius 1 is 0.907 bits per heavy atom. The first kappa shape index (κ1) is 29.6. The van der Waals surface area contributed by atoms with Gasteiger partial charge in [-0.1, -0.05) is 80.4 Å². The molecule has 1 amide bonds. The second-order valence-corrected chi connectivity index (χ2v) is 12.8. The molecular weight excluding hydrogens is 672 g/mol. The fraction of sp³-hybridized carbons (Fsp3) is 0.257. The van der Waals surface area contributed by atoms with Crippen molar-refractivity contribution >= 4 is 43.7 Å². The minimum Gasteiger partial charge on any atom is -0.494 e. The van der Waals surface area contributed by atoms with E-state index in [1.165, 1.54) is 11.1 Å². The van der Waals surface area contributed by atoms with E-state index >= 15 is 0 Å². The second-order valence-electron chi connectivity index (χ2n) is 11.0. The lowest BCUT2D eigenvalue weighted by Gasteiger charge is -2.32. The molecule has 220 valence electrons. The Hall–Kier alpha value is -3.46. The van der Waals surface area contributed by atoms with Gasteiger partial charge in [0, 0.05) is 40.0 Å². The van der Waals surface area contributed by atoms with Crippen LogP contribution >= 0.6 is 31.9 Å². The molecule has 0 fully saturated rings. The van der Waals surface area contributed by atoms with Crippen LogP contribution in [0.3, 0.4) is 0 Å². The van der Waals surface area contributed by atoms with Gasteiger partial charge in [-0.05, 0) is 83.6 Å². The molecule has 0 aromatic heterocycles.